The minimum absolute atomic E-state index is 0.139. The van der Waals surface area contributed by atoms with Crippen molar-refractivity contribution in [2.75, 3.05) is 37.7 Å². The number of thiazole rings is 1. The second kappa shape index (κ2) is 11.5. The zero-order valence-electron chi connectivity index (χ0n) is 22.8. The smallest absolute Gasteiger partial charge is 0.335 e. The van der Waals surface area contributed by atoms with Crippen molar-refractivity contribution >= 4 is 56.0 Å². The molecule has 3 aromatic heterocycles. The van der Waals surface area contributed by atoms with E-state index in [0.717, 1.165) is 77.1 Å². The molecule has 0 spiro atoms. The van der Waals surface area contributed by atoms with Crippen LogP contribution in [0.1, 0.15) is 27.6 Å². The number of piperazine rings is 1. The molecule has 0 amide bonds. The third-order valence-electron chi connectivity index (χ3n) is 7.76. The molecular weight excluding hydrogens is 576 g/mol. The van der Waals surface area contributed by atoms with Crippen LogP contribution in [0.25, 0.3) is 21.3 Å². The summed E-state index contributed by atoms with van der Waals surface area (Å²) in [5.41, 5.74) is 2.83. The fraction of sp³-hybridized carbons (Fsp3) is 0.333. The number of ether oxygens (including phenoxy) is 2. The molecule has 2 aliphatic heterocycles. The van der Waals surface area contributed by atoms with Crippen LogP contribution < -0.4 is 9.64 Å². The van der Waals surface area contributed by atoms with Crippen LogP contribution in [0.3, 0.4) is 0 Å². The van der Waals surface area contributed by atoms with Crippen molar-refractivity contribution in [3.63, 3.8) is 0 Å². The molecule has 0 unspecified atom stereocenters. The SMILES string of the molecule is O=C(O)c1ccc2nc(CN3CCN(c4cccc(OCc5nc6ccc(Cl)cc6s5)n4)CC3)n(C[C@@H]3CCO3)c2c1. The summed E-state index contributed by atoms with van der Waals surface area (Å²) < 4.78 is 14.9. The highest BCUT2D eigenvalue weighted by Gasteiger charge is 2.25. The molecule has 5 aromatic rings. The molecule has 0 aliphatic carbocycles. The van der Waals surface area contributed by atoms with E-state index in [1.54, 1.807) is 29.5 Å². The van der Waals surface area contributed by atoms with Crippen LogP contribution >= 0.6 is 22.9 Å². The van der Waals surface area contributed by atoms with Crippen molar-refractivity contribution in [2.45, 2.75) is 32.2 Å². The third kappa shape index (κ3) is 5.65. The minimum Gasteiger partial charge on any atom is -0.478 e. The summed E-state index contributed by atoms with van der Waals surface area (Å²) in [6, 6.07) is 16.7. The first-order valence-corrected chi connectivity index (χ1v) is 15.1. The number of anilines is 1. The second-order valence-corrected chi connectivity index (χ2v) is 12.1. The van der Waals surface area contributed by atoms with E-state index in [9.17, 15) is 9.90 Å². The standard InChI is InChI=1S/C30H29ClN6O4S/c31-20-5-7-23-25(15-20)42-29(33-23)18-41-28-3-1-2-26(34-28)36-11-9-35(10-12-36)17-27-32-22-6-4-19(30(38)39)14-24(22)37(27)16-21-8-13-40-21/h1-7,14-15,21H,8-13,16-18H2,(H,38,39)/t21-/m0/s1. The number of pyridine rings is 1. The van der Waals surface area contributed by atoms with E-state index in [2.05, 4.69) is 19.4 Å². The van der Waals surface area contributed by atoms with Crippen molar-refractivity contribution in [3.05, 3.63) is 76.0 Å². The highest BCUT2D eigenvalue weighted by atomic mass is 35.5. The average Bonchev–Trinajstić information content (AvgIpc) is 3.53. The molecule has 2 saturated heterocycles. The number of carboxylic acids is 1. The summed E-state index contributed by atoms with van der Waals surface area (Å²) in [5.74, 6) is 1.45. The lowest BCUT2D eigenvalue weighted by molar-refractivity contribution is -0.0592. The number of halogens is 1. The van der Waals surface area contributed by atoms with E-state index in [0.29, 0.717) is 30.6 Å². The summed E-state index contributed by atoms with van der Waals surface area (Å²) in [7, 11) is 0. The van der Waals surface area contributed by atoms with E-state index in [1.807, 2.05) is 36.4 Å². The minimum atomic E-state index is -0.938. The van der Waals surface area contributed by atoms with Gasteiger partial charge in [-0.3, -0.25) is 4.90 Å². The van der Waals surface area contributed by atoms with Crippen LogP contribution in [0.5, 0.6) is 5.88 Å². The van der Waals surface area contributed by atoms with Gasteiger partial charge in [-0.2, -0.15) is 4.98 Å². The van der Waals surface area contributed by atoms with E-state index >= 15 is 0 Å². The number of aromatic nitrogens is 4. The molecule has 42 heavy (non-hydrogen) atoms. The van der Waals surface area contributed by atoms with Crippen molar-refractivity contribution in [3.8, 4) is 5.88 Å². The molecule has 2 fully saturated rings. The molecule has 10 nitrogen and oxygen atoms in total. The Morgan fingerprint density at radius 3 is 2.67 bits per heavy atom. The van der Waals surface area contributed by atoms with E-state index in [1.165, 1.54) is 0 Å². The van der Waals surface area contributed by atoms with E-state index < -0.39 is 5.97 Å². The average molecular weight is 605 g/mol. The highest BCUT2D eigenvalue weighted by molar-refractivity contribution is 7.18. The fourth-order valence-corrected chi connectivity index (χ4v) is 6.56. The molecule has 2 aliphatic rings. The lowest BCUT2D eigenvalue weighted by Crippen LogP contribution is -2.46. The first kappa shape index (κ1) is 27.1. The summed E-state index contributed by atoms with van der Waals surface area (Å²) in [6.07, 6.45) is 1.14. The van der Waals surface area contributed by atoms with Gasteiger partial charge in [-0.05, 0) is 48.9 Å². The van der Waals surface area contributed by atoms with Gasteiger partial charge >= 0.3 is 5.97 Å². The molecule has 1 N–H and O–H groups in total. The van der Waals surface area contributed by atoms with Crippen molar-refractivity contribution in [1.29, 1.82) is 0 Å². The maximum absolute atomic E-state index is 11.6. The van der Waals surface area contributed by atoms with E-state index in [4.69, 9.17) is 31.0 Å². The summed E-state index contributed by atoms with van der Waals surface area (Å²) in [5, 5.41) is 11.1. The van der Waals surface area contributed by atoms with Gasteiger partial charge < -0.3 is 24.0 Å². The van der Waals surface area contributed by atoms with Gasteiger partial charge in [-0.25, -0.2) is 14.8 Å². The number of imidazole rings is 1. The summed E-state index contributed by atoms with van der Waals surface area (Å²) in [6.45, 7) is 5.83. The maximum atomic E-state index is 11.6. The molecule has 0 saturated carbocycles. The van der Waals surface area contributed by atoms with Crippen LogP contribution in [0.2, 0.25) is 5.02 Å². The lowest BCUT2D eigenvalue weighted by Gasteiger charge is -2.35. The Hall–Kier alpha value is -3.77. The molecule has 0 bridgehead atoms. The normalized spacial score (nSPS) is 17.5. The Balaban J connectivity index is 1.000. The number of rotatable bonds is 9. The topological polar surface area (TPSA) is 106 Å². The number of carbonyl (C=O) groups is 1. The lowest BCUT2D eigenvalue weighted by atomic mass is 10.1. The molecular formula is C30H29ClN6O4S. The first-order valence-electron chi connectivity index (χ1n) is 13.9. The van der Waals surface area contributed by atoms with Gasteiger partial charge in [0.1, 0.15) is 23.3 Å². The van der Waals surface area contributed by atoms with Gasteiger partial charge in [-0.15, -0.1) is 11.3 Å². The number of aromatic carboxylic acids is 1. The number of benzene rings is 2. The predicted octanol–water partition coefficient (Wildman–Crippen LogP) is 5.08. The second-order valence-electron chi connectivity index (χ2n) is 10.5. The van der Waals surface area contributed by atoms with E-state index in [-0.39, 0.29) is 11.7 Å². The molecule has 12 heteroatoms. The third-order valence-corrected chi connectivity index (χ3v) is 8.99. The van der Waals surface area contributed by atoms with Crippen molar-refractivity contribution in [2.24, 2.45) is 0 Å². The number of nitrogens with zero attached hydrogens (tertiary/aromatic N) is 6. The zero-order valence-corrected chi connectivity index (χ0v) is 24.4. The summed E-state index contributed by atoms with van der Waals surface area (Å²) in [4.78, 5) is 30.5. The number of hydrogen-bond acceptors (Lipinski definition) is 9. The maximum Gasteiger partial charge on any atom is 0.335 e. The number of carboxylic acid groups (broad SMARTS) is 1. The summed E-state index contributed by atoms with van der Waals surface area (Å²) >= 11 is 7.68. The predicted molar refractivity (Wildman–Crippen MR) is 162 cm³/mol. The molecule has 1 atom stereocenters. The first-order chi connectivity index (χ1) is 20.5. The number of fused-ring (bicyclic) bond motifs is 2. The van der Waals surface area contributed by atoms with Crippen molar-refractivity contribution in [1.82, 2.24) is 24.4 Å². The highest BCUT2D eigenvalue weighted by Crippen LogP contribution is 2.27. The molecule has 5 heterocycles. The van der Waals surface area contributed by atoms with Crippen LogP contribution in [0.15, 0.2) is 54.6 Å². The van der Waals surface area contributed by atoms with Gasteiger partial charge in [0, 0.05) is 43.9 Å². The Morgan fingerprint density at radius 2 is 1.88 bits per heavy atom. The molecule has 7 rings (SSSR count). The molecule has 216 valence electrons. The van der Waals surface area contributed by atoms with Gasteiger partial charge in [0.25, 0.3) is 0 Å². The fourth-order valence-electron chi connectivity index (χ4n) is 5.40. The van der Waals surface area contributed by atoms with Crippen molar-refractivity contribution < 1.29 is 19.4 Å². The van der Waals surface area contributed by atoms with Gasteiger partial charge in [0.2, 0.25) is 5.88 Å². The van der Waals surface area contributed by atoms with Crippen LogP contribution in [-0.2, 0) is 24.4 Å². The molecule has 2 aromatic carbocycles. The quantitative estimate of drug-likeness (QED) is 0.246. The number of hydrogen-bond donors (Lipinski definition) is 1. The Labute approximate surface area is 251 Å². The Kier molecular flexibility index (Phi) is 7.41. The Morgan fingerprint density at radius 1 is 1.05 bits per heavy atom. The van der Waals surface area contributed by atoms with Crippen LogP contribution in [0.4, 0.5) is 5.82 Å². The van der Waals surface area contributed by atoms with Gasteiger partial charge in [0.05, 0.1) is 46.0 Å². The van der Waals surface area contributed by atoms with Crippen LogP contribution in [-0.4, -0.2) is 74.4 Å². The van der Waals surface area contributed by atoms with Gasteiger partial charge in [0.15, 0.2) is 0 Å². The van der Waals surface area contributed by atoms with Gasteiger partial charge in [-0.1, -0.05) is 17.7 Å². The molecule has 0 radical (unpaired) electrons. The monoisotopic (exact) mass is 604 g/mol. The zero-order chi connectivity index (χ0) is 28.6. The Bertz CT molecular complexity index is 1760. The largest absolute Gasteiger partial charge is 0.478 e. The van der Waals surface area contributed by atoms with Crippen LogP contribution in [0, 0.1) is 0 Å².